The number of rotatable bonds is 2. The van der Waals surface area contributed by atoms with Gasteiger partial charge >= 0.3 is 0 Å². The minimum absolute atomic E-state index is 0.344. The summed E-state index contributed by atoms with van der Waals surface area (Å²) in [6, 6.07) is 8.85. The van der Waals surface area contributed by atoms with Gasteiger partial charge in [-0.2, -0.15) is 0 Å². The molecule has 3 rings (SSSR count). The number of hydrogen-bond acceptors (Lipinski definition) is 1. The van der Waals surface area contributed by atoms with Gasteiger partial charge in [-0.05, 0) is 35.6 Å². The maximum absolute atomic E-state index is 4.53. The fourth-order valence-corrected chi connectivity index (χ4v) is 2.48. The fourth-order valence-electron chi connectivity index (χ4n) is 2.48. The highest BCUT2D eigenvalue weighted by molar-refractivity contribution is 6.09. The van der Waals surface area contributed by atoms with Crippen LogP contribution >= 0.6 is 0 Å². The molecule has 0 spiro atoms. The van der Waals surface area contributed by atoms with E-state index in [1.54, 1.807) is 0 Å². The third-order valence-corrected chi connectivity index (χ3v) is 3.59. The van der Waals surface area contributed by atoms with E-state index in [0.717, 1.165) is 12.8 Å². The van der Waals surface area contributed by atoms with Gasteiger partial charge in [-0.3, -0.25) is 4.99 Å². The Bertz CT molecular complexity index is 556. The number of fused-ring (bicyclic) bond motifs is 1. The molecule has 0 aromatic heterocycles. The Morgan fingerprint density at radius 2 is 2.00 bits per heavy atom. The molecule has 0 saturated carbocycles. The topological polar surface area (TPSA) is 12.4 Å². The van der Waals surface area contributed by atoms with E-state index in [0.29, 0.717) is 5.92 Å². The smallest absolute Gasteiger partial charge is 0.0514 e. The molecule has 1 unspecified atom stereocenters. The van der Waals surface area contributed by atoms with Crippen molar-refractivity contribution in [2.75, 3.05) is 0 Å². The quantitative estimate of drug-likeness (QED) is 0.682. The van der Waals surface area contributed by atoms with Crippen molar-refractivity contribution in [3.63, 3.8) is 0 Å². The molecule has 0 fully saturated rings. The lowest BCUT2D eigenvalue weighted by Crippen LogP contribution is -2.07. The van der Waals surface area contributed by atoms with E-state index in [4.69, 9.17) is 0 Å². The number of hydrogen-bond donors (Lipinski definition) is 0. The first-order chi connectivity index (χ1) is 8.88. The Balaban J connectivity index is 1.91. The Labute approximate surface area is 108 Å². The molecule has 0 amide bonds. The molecule has 1 aliphatic heterocycles. The largest absolute Gasteiger partial charge is 0.260 e. The number of allylic oxidation sites excluding steroid dienone is 5. The third kappa shape index (κ3) is 1.97. The zero-order valence-electron chi connectivity index (χ0n) is 10.6. The lowest BCUT2D eigenvalue weighted by atomic mass is 9.90. The average molecular weight is 235 g/mol. The summed E-state index contributed by atoms with van der Waals surface area (Å²) in [5.41, 5.74) is 5.15. The molecular weight excluding hydrogens is 218 g/mol. The third-order valence-electron chi connectivity index (χ3n) is 3.59. The predicted molar refractivity (Wildman–Crippen MR) is 77.6 cm³/mol. The summed E-state index contributed by atoms with van der Waals surface area (Å²) < 4.78 is 0. The highest BCUT2D eigenvalue weighted by atomic mass is 14.7. The van der Waals surface area contributed by atoms with Crippen LogP contribution in [0, 0.1) is 5.92 Å². The van der Waals surface area contributed by atoms with Crippen LogP contribution in [0.5, 0.6) is 0 Å². The van der Waals surface area contributed by atoms with E-state index < -0.39 is 0 Å². The van der Waals surface area contributed by atoms with Crippen molar-refractivity contribution in [2.24, 2.45) is 10.9 Å². The first-order valence-electron chi connectivity index (χ1n) is 6.59. The number of aliphatic imine (C=N–C) groups is 1. The molecule has 1 aromatic rings. The zero-order chi connectivity index (χ0) is 12.4. The second-order valence-electron chi connectivity index (χ2n) is 4.73. The molecule has 1 nitrogen and oxygen atoms in total. The normalized spacial score (nSPS) is 21.3. The molecule has 0 N–H and O–H groups in total. The SMILES string of the molecule is CCc1ccc(C2=CN=C3C=CCC=CC23)cc1. The van der Waals surface area contributed by atoms with Crippen LogP contribution in [0.1, 0.15) is 24.5 Å². The lowest BCUT2D eigenvalue weighted by molar-refractivity contribution is 1.13. The summed E-state index contributed by atoms with van der Waals surface area (Å²) in [6.45, 7) is 2.18. The molecule has 0 saturated heterocycles. The van der Waals surface area contributed by atoms with Crippen LogP contribution in [0.2, 0.25) is 0 Å². The van der Waals surface area contributed by atoms with Crippen LogP contribution in [-0.2, 0) is 6.42 Å². The van der Waals surface area contributed by atoms with E-state index in [1.807, 2.05) is 6.20 Å². The Hall–Kier alpha value is -1.89. The first-order valence-corrected chi connectivity index (χ1v) is 6.59. The molecule has 0 bridgehead atoms. The Morgan fingerprint density at radius 1 is 1.17 bits per heavy atom. The van der Waals surface area contributed by atoms with Gasteiger partial charge in [0.2, 0.25) is 0 Å². The van der Waals surface area contributed by atoms with Crippen molar-refractivity contribution in [2.45, 2.75) is 19.8 Å². The molecular formula is C17H17N. The minimum Gasteiger partial charge on any atom is -0.260 e. The van der Waals surface area contributed by atoms with Crippen molar-refractivity contribution in [3.05, 3.63) is 65.9 Å². The van der Waals surface area contributed by atoms with Crippen molar-refractivity contribution < 1.29 is 0 Å². The van der Waals surface area contributed by atoms with Gasteiger partial charge in [-0.25, -0.2) is 0 Å². The van der Waals surface area contributed by atoms with E-state index in [-0.39, 0.29) is 0 Å². The Kier molecular flexibility index (Phi) is 2.97. The molecule has 1 heterocycles. The molecule has 1 aliphatic carbocycles. The van der Waals surface area contributed by atoms with Crippen LogP contribution in [0.15, 0.2) is 59.8 Å². The second-order valence-corrected chi connectivity index (χ2v) is 4.73. The van der Waals surface area contributed by atoms with Gasteiger partial charge in [0.05, 0.1) is 5.71 Å². The molecule has 90 valence electrons. The number of benzene rings is 1. The Morgan fingerprint density at radius 3 is 2.78 bits per heavy atom. The van der Waals surface area contributed by atoms with Crippen LogP contribution in [0.4, 0.5) is 0 Å². The summed E-state index contributed by atoms with van der Waals surface area (Å²) >= 11 is 0. The maximum atomic E-state index is 4.53. The highest BCUT2D eigenvalue weighted by Gasteiger charge is 2.22. The summed E-state index contributed by atoms with van der Waals surface area (Å²) in [7, 11) is 0. The van der Waals surface area contributed by atoms with E-state index in [1.165, 1.54) is 22.4 Å². The highest BCUT2D eigenvalue weighted by Crippen LogP contribution is 2.32. The standard InChI is InChI=1S/C17H17N/c1-2-13-8-10-14(11-9-13)16-12-18-17-7-5-3-4-6-15(16)17/h4-12,15H,2-3H2,1H3. The van der Waals surface area contributed by atoms with Gasteiger partial charge in [0.25, 0.3) is 0 Å². The zero-order valence-corrected chi connectivity index (χ0v) is 10.6. The van der Waals surface area contributed by atoms with Crippen molar-refractivity contribution in [1.29, 1.82) is 0 Å². The monoisotopic (exact) mass is 235 g/mol. The molecule has 1 atom stereocenters. The van der Waals surface area contributed by atoms with Gasteiger partial charge in [0.1, 0.15) is 0 Å². The number of nitrogens with zero attached hydrogens (tertiary/aromatic N) is 1. The lowest BCUT2D eigenvalue weighted by Gasteiger charge is -2.11. The average Bonchev–Trinajstić information content (AvgIpc) is 2.68. The maximum Gasteiger partial charge on any atom is 0.0514 e. The molecule has 0 radical (unpaired) electrons. The van der Waals surface area contributed by atoms with E-state index in [9.17, 15) is 0 Å². The summed E-state index contributed by atoms with van der Waals surface area (Å²) in [5, 5.41) is 0. The summed E-state index contributed by atoms with van der Waals surface area (Å²) in [4.78, 5) is 4.53. The second kappa shape index (κ2) is 4.77. The van der Waals surface area contributed by atoms with Crippen LogP contribution in [0.3, 0.4) is 0 Å². The fraction of sp³-hybridized carbons (Fsp3) is 0.235. The minimum atomic E-state index is 0.344. The first kappa shape index (κ1) is 11.2. The van der Waals surface area contributed by atoms with Gasteiger partial charge in [0, 0.05) is 12.1 Å². The molecule has 18 heavy (non-hydrogen) atoms. The van der Waals surface area contributed by atoms with Crippen molar-refractivity contribution in [1.82, 2.24) is 0 Å². The summed E-state index contributed by atoms with van der Waals surface area (Å²) in [6.07, 6.45) is 12.9. The van der Waals surface area contributed by atoms with E-state index in [2.05, 4.69) is 60.5 Å². The van der Waals surface area contributed by atoms with Gasteiger partial charge in [-0.15, -0.1) is 0 Å². The molecule has 1 aromatic carbocycles. The van der Waals surface area contributed by atoms with Gasteiger partial charge < -0.3 is 0 Å². The predicted octanol–water partition coefficient (Wildman–Crippen LogP) is 4.18. The summed E-state index contributed by atoms with van der Waals surface area (Å²) in [5.74, 6) is 0.344. The van der Waals surface area contributed by atoms with Crippen LogP contribution in [0.25, 0.3) is 5.57 Å². The van der Waals surface area contributed by atoms with Gasteiger partial charge in [0.15, 0.2) is 0 Å². The van der Waals surface area contributed by atoms with Crippen molar-refractivity contribution in [3.8, 4) is 0 Å². The number of aryl methyl sites for hydroxylation is 1. The van der Waals surface area contributed by atoms with Gasteiger partial charge in [-0.1, -0.05) is 49.4 Å². The van der Waals surface area contributed by atoms with Crippen LogP contribution < -0.4 is 0 Å². The molecule has 1 heteroatoms. The molecule has 2 aliphatic rings. The van der Waals surface area contributed by atoms with E-state index >= 15 is 0 Å². The van der Waals surface area contributed by atoms with Crippen molar-refractivity contribution >= 4 is 11.3 Å². The van der Waals surface area contributed by atoms with Crippen LogP contribution in [-0.4, -0.2) is 5.71 Å².